The van der Waals surface area contributed by atoms with Crippen LogP contribution in [0, 0.1) is 0 Å². The number of rotatable bonds is 3. The van der Waals surface area contributed by atoms with Crippen molar-refractivity contribution in [3.8, 4) is 5.75 Å². The summed E-state index contributed by atoms with van der Waals surface area (Å²) in [5.41, 5.74) is 2.52. The summed E-state index contributed by atoms with van der Waals surface area (Å²) in [6, 6.07) is 8.06. The van der Waals surface area contributed by atoms with E-state index in [9.17, 15) is 0 Å². The summed E-state index contributed by atoms with van der Waals surface area (Å²) in [5, 5.41) is 3.30. The summed E-state index contributed by atoms with van der Waals surface area (Å²) in [5.74, 6) is 0.924. The minimum absolute atomic E-state index is 0.924. The van der Waals surface area contributed by atoms with Gasteiger partial charge < -0.3 is 10.1 Å². The van der Waals surface area contributed by atoms with Gasteiger partial charge in [-0.1, -0.05) is 36.4 Å². The molecule has 1 N–H and O–H groups in total. The molecular weight excluding hydrogens is 198 g/mol. The fourth-order valence-electron chi connectivity index (χ4n) is 1.79. The molecular formula is C14H17NO. The lowest BCUT2D eigenvalue weighted by Crippen LogP contribution is -2.19. The van der Waals surface area contributed by atoms with Gasteiger partial charge in [-0.05, 0) is 24.6 Å². The van der Waals surface area contributed by atoms with Crippen molar-refractivity contribution in [1.82, 2.24) is 5.32 Å². The predicted octanol–water partition coefficient (Wildman–Crippen LogP) is 2.63. The number of hydrogen-bond donors (Lipinski definition) is 1. The topological polar surface area (TPSA) is 21.3 Å². The Balaban J connectivity index is 2.13. The van der Waals surface area contributed by atoms with E-state index in [0.29, 0.717) is 0 Å². The van der Waals surface area contributed by atoms with Crippen molar-refractivity contribution in [3.05, 3.63) is 47.6 Å². The van der Waals surface area contributed by atoms with Crippen molar-refractivity contribution in [2.75, 3.05) is 20.2 Å². The molecule has 0 aromatic heterocycles. The van der Waals surface area contributed by atoms with Gasteiger partial charge in [0.25, 0.3) is 0 Å². The van der Waals surface area contributed by atoms with E-state index in [0.717, 1.165) is 30.8 Å². The SMILES string of the molecule is COc1ccccc1C=CC1=CCNCC1. The fourth-order valence-corrected chi connectivity index (χ4v) is 1.79. The molecule has 1 aliphatic rings. The van der Waals surface area contributed by atoms with Crippen LogP contribution in [0.15, 0.2) is 42.0 Å². The second-order valence-electron chi connectivity index (χ2n) is 3.81. The molecule has 84 valence electrons. The molecule has 0 fully saturated rings. The van der Waals surface area contributed by atoms with Gasteiger partial charge in [0.05, 0.1) is 7.11 Å². The van der Waals surface area contributed by atoms with Crippen LogP contribution in [0.1, 0.15) is 12.0 Å². The van der Waals surface area contributed by atoms with Crippen molar-refractivity contribution < 1.29 is 4.74 Å². The van der Waals surface area contributed by atoms with Crippen LogP contribution in [0.2, 0.25) is 0 Å². The Hall–Kier alpha value is -1.54. The first-order valence-electron chi connectivity index (χ1n) is 5.61. The third-order valence-electron chi connectivity index (χ3n) is 2.71. The number of hydrogen-bond acceptors (Lipinski definition) is 2. The van der Waals surface area contributed by atoms with Crippen LogP contribution in [0.4, 0.5) is 0 Å². The van der Waals surface area contributed by atoms with Crippen molar-refractivity contribution in [2.24, 2.45) is 0 Å². The van der Waals surface area contributed by atoms with E-state index < -0.39 is 0 Å². The Labute approximate surface area is 96.6 Å². The maximum absolute atomic E-state index is 5.30. The third-order valence-corrected chi connectivity index (χ3v) is 2.71. The van der Waals surface area contributed by atoms with Crippen molar-refractivity contribution in [2.45, 2.75) is 6.42 Å². The lowest BCUT2D eigenvalue weighted by atomic mass is 10.1. The van der Waals surface area contributed by atoms with Gasteiger partial charge in [0, 0.05) is 12.1 Å². The molecule has 0 saturated heterocycles. The Morgan fingerprint density at radius 2 is 2.12 bits per heavy atom. The van der Waals surface area contributed by atoms with E-state index in [-0.39, 0.29) is 0 Å². The van der Waals surface area contributed by atoms with E-state index >= 15 is 0 Å². The Morgan fingerprint density at radius 3 is 2.88 bits per heavy atom. The van der Waals surface area contributed by atoms with Crippen LogP contribution >= 0.6 is 0 Å². The highest BCUT2D eigenvalue weighted by Gasteiger charge is 2.00. The average molecular weight is 215 g/mol. The second kappa shape index (κ2) is 5.52. The predicted molar refractivity (Wildman–Crippen MR) is 67.6 cm³/mol. The molecule has 0 saturated carbocycles. The van der Waals surface area contributed by atoms with Gasteiger partial charge in [0.1, 0.15) is 5.75 Å². The molecule has 0 spiro atoms. The number of allylic oxidation sites excluding steroid dienone is 1. The Bertz CT molecular complexity index is 407. The molecule has 1 aliphatic heterocycles. The highest BCUT2D eigenvalue weighted by Crippen LogP contribution is 2.20. The van der Waals surface area contributed by atoms with Gasteiger partial charge in [-0.3, -0.25) is 0 Å². The summed E-state index contributed by atoms with van der Waals surface area (Å²) in [6.07, 6.45) is 7.63. The summed E-state index contributed by atoms with van der Waals surface area (Å²) >= 11 is 0. The molecule has 2 heteroatoms. The molecule has 16 heavy (non-hydrogen) atoms. The van der Waals surface area contributed by atoms with Crippen molar-refractivity contribution in [1.29, 1.82) is 0 Å². The number of ether oxygens (including phenoxy) is 1. The van der Waals surface area contributed by atoms with Gasteiger partial charge in [-0.2, -0.15) is 0 Å². The van der Waals surface area contributed by atoms with E-state index in [2.05, 4.69) is 29.6 Å². The molecule has 0 unspecified atom stereocenters. The average Bonchev–Trinajstić information content (AvgIpc) is 2.38. The van der Waals surface area contributed by atoms with Gasteiger partial charge in [-0.15, -0.1) is 0 Å². The van der Waals surface area contributed by atoms with E-state index in [1.807, 2.05) is 18.2 Å². The fraction of sp³-hybridized carbons (Fsp3) is 0.286. The zero-order chi connectivity index (χ0) is 11.2. The quantitative estimate of drug-likeness (QED) is 0.837. The first kappa shape index (κ1) is 11.0. The zero-order valence-electron chi connectivity index (χ0n) is 9.57. The number of para-hydroxylation sites is 1. The largest absolute Gasteiger partial charge is 0.496 e. The molecule has 1 heterocycles. The number of methoxy groups -OCH3 is 1. The standard InChI is InChI=1S/C14H17NO/c1-16-14-5-3-2-4-13(14)7-6-12-8-10-15-11-9-12/h2-8,15H,9-11H2,1H3. The van der Waals surface area contributed by atoms with E-state index in [1.165, 1.54) is 5.57 Å². The van der Waals surface area contributed by atoms with Gasteiger partial charge >= 0.3 is 0 Å². The molecule has 1 aromatic carbocycles. The van der Waals surface area contributed by atoms with Gasteiger partial charge in [0.2, 0.25) is 0 Å². The number of benzene rings is 1. The van der Waals surface area contributed by atoms with Crippen LogP contribution < -0.4 is 10.1 Å². The molecule has 1 aromatic rings. The summed E-state index contributed by atoms with van der Waals surface area (Å²) in [7, 11) is 1.70. The normalized spacial score (nSPS) is 16.2. The number of nitrogens with one attached hydrogen (secondary N) is 1. The lowest BCUT2D eigenvalue weighted by Gasteiger charge is -2.10. The Kier molecular flexibility index (Phi) is 3.78. The van der Waals surface area contributed by atoms with Gasteiger partial charge in [0.15, 0.2) is 0 Å². The van der Waals surface area contributed by atoms with Crippen LogP contribution in [-0.2, 0) is 0 Å². The van der Waals surface area contributed by atoms with Crippen LogP contribution in [-0.4, -0.2) is 20.2 Å². The summed E-state index contributed by atoms with van der Waals surface area (Å²) in [6.45, 7) is 2.05. The minimum Gasteiger partial charge on any atom is -0.496 e. The molecule has 0 bridgehead atoms. The van der Waals surface area contributed by atoms with Crippen LogP contribution in [0.25, 0.3) is 6.08 Å². The van der Waals surface area contributed by atoms with Crippen molar-refractivity contribution in [3.63, 3.8) is 0 Å². The third kappa shape index (κ3) is 2.74. The first-order chi connectivity index (χ1) is 7.90. The maximum Gasteiger partial charge on any atom is 0.126 e. The summed E-state index contributed by atoms with van der Waals surface area (Å²) < 4.78 is 5.30. The van der Waals surface area contributed by atoms with Crippen molar-refractivity contribution >= 4 is 6.08 Å². The first-order valence-corrected chi connectivity index (χ1v) is 5.61. The molecule has 0 atom stereocenters. The molecule has 2 rings (SSSR count). The summed E-state index contributed by atoms with van der Waals surface area (Å²) in [4.78, 5) is 0. The van der Waals surface area contributed by atoms with Crippen LogP contribution in [0.3, 0.4) is 0 Å². The zero-order valence-corrected chi connectivity index (χ0v) is 9.57. The lowest BCUT2D eigenvalue weighted by molar-refractivity contribution is 0.414. The molecule has 2 nitrogen and oxygen atoms in total. The van der Waals surface area contributed by atoms with Crippen LogP contribution in [0.5, 0.6) is 5.75 Å². The highest BCUT2D eigenvalue weighted by molar-refractivity contribution is 5.59. The smallest absolute Gasteiger partial charge is 0.126 e. The molecule has 0 radical (unpaired) electrons. The maximum atomic E-state index is 5.30. The second-order valence-corrected chi connectivity index (χ2v) is 3.81. The highest BCUT2D eigenvalue weighted by atomic mass is 16.5. The van der Waals surface area contributed by atoms with Gasteiger partial charge in [-0.25, -0.2) is 0 Å². The van der Waals surface area contributed by atoms with E-state index in [1.54, 1.807) is 7.11 Å². The minimum atomic E-state index is 0.924. The molecule has 0 aliphatic carbocycles. The monoisotopic (exact) mass is 215 g/mol. The van der Waals surface area contributed by atoms with E-state index in [4.69, 9.17) is 4.74 Å². The Morgan fingerprint density at radius 1 is 1.25 bits per heavy atom. The molecule has 0 amide bonds.